The summed E-state index contributed by atoms with van der Waals surface area (Å²) in [5.74, 6) is 0. The van der Waals surface area contributed by atoms with Gasteiger partial charge in [0.05, 0.1) is 27.4 Å². The van der Waals surface area contributed by atoms with Gasteiger partial charge in [-0.1, -0.05) is 24.6 Å². The fourth-order valence-corrected chi connectivity index (χ4v) is 3.24. The molecule has 0 aliphatic rings. The van der Waals surface area contributed by atoms with E-state index in [0.717, 1.165) is 33.2 Å². The van der Waals surface area contributed by atoms with E-state index in [1.54, 1.807) is 0 Å². The van der Waals surface area contributed by atoms with E-state index in [9.17, 15) is 0 Å². The minimum Gasteiger partial charge on any atom is -0.308 e. The fourth-order valence-electron chi connectivity index (χ4n) is 2.20. The van der Waals surface area contributed by atoms with Crippen molar-refractivity contribution in [2.75, 3.05) is 7.05 Å². The van der Waals surface area contributed by atoms with Gasteiger partial charge in [-0.15, -0.1) is 0 Å². The molecule has 1 unspecified atom stereocenters. The Morgan fingerprint density at radius 2 is 2.10 bits per heavy atom. The number of aromatic nitrogens is 2. The van der Waals surface area contributed by atoms with E-state index < -0.39 is 0 Å². The van der Waals surface area contributed by atoms with E-state index in [1.165, 1.54) is 0 Å². The molecule has 1 heterocycles. The van der Waals surface area contributed by atoms with Gasteiger partial charge in [0.25, 0.3) is 0 Å². The molecule has 2 rings (SSSR count). The monoisotopic (exact) mass is 419 g/mol. The molecule has 0 fully saturated rings. The Balaban J connectivity index is 2.46. The van der Waals surface area contributed by atoms with Gasteiger partial charge in [0.15, 0.2) is 0 Å². The second kappa shape index (κ2) is 7.07. The molecule has 0 amide bonds. The predicted octanol–water partition coefficient (Wildman–Crippen LogP) is 4.78. The first-order chi connectivity index (χ1) is 9.58. The highest BCUT2D eigenvalue weighted by atomic mass is 79.9. The van der Waals surface area contributed by atoms with Crippen LogP contribution >= 0.6 is 43.5 Å². The van der Waals surface area contributed by atoms with Crippen LogP contribution < -0.4 is 5.32 Å². The maximum absolute atomic E-state index is 6.07. The molecule has 1 N–H and O–H groups in total. The van der Waals surface area contributed by atoms with Gasteiger partial charge < -0.3 is 5.32 Å². The molecule has 20 heavy (non-hydrogen) atoms. The molecule has 0 radical (unpaired) electrons. The molecule has 2 aromatic rings. The van der Waals surface area contributed by atoms with Crippen molar-refractivity contribution in [1.29, 1.82) is 0 Å². The highest BCUT2D eigenvalue weighted by Gasteiger charge is 2.20. The third-order valence-electron chi connectivity index (χ3n) is 3.11. The number of rotatable bonds is 5. The van der Waals surface area contributed by atoms with Crippen LogP contribution in [0.25, 0.3) is 0 Å². The fraction of sp³-hybridized carbons (Fsp3) is 0.357. The summed E-state index contributed by atoms with van der Waals surface area (Å²) in [6.07, 6.45) is 2.89. The van der Waals surface area contributed by atoms with E-state index in [2.05, 4.69) is 49.2 Å². The minimum atomic E-state index is 0.0620. The lowest BCUT2D eigenvalue weighted by Gasteiger charge is -2.19. The van der Waals surface area contributed by atoms with Crippen LogP contribution in [0, 0.1) is 0 Å². The third-order valence-corrected chi connectivity index (χ3v) is 4.93. The van der Waals surface area contributed by atoms with Crippen molar-refractivity contribution in [2.45, 2.75) is 25.9 Å². The SMILES string of the molecule is CCCn1ncc(Br)c1C(NC)c1ccc(Cl)c(Br)c1. The van der Waals surface area contributed by atoms with Gasteiger partial charge in [-0.25, -0.2) is 0 Å². The smallest absolute Gasteiger partial charge is 0.0757 e. The Bertz CT molecular complexity index is 598. The second-order valence-corrected chi connectivity index (χ2v) is 6.61. The zero-order valence-corrected chi connectivity index (χ0v) is 15.3. The van der Waals surface area contributed by atoms with Crippen LogP contribution in [0.3, 0.4) is 0 Å². The number of nitrogens with zero attached hydrogens (tertiary/aromatic N) is 2. The van der Waals surface area contributed by atoms with Crippen molar-refractivity contribution in [3.8, 4) is 0 Å². The lowest BCUT2D eigenvalue weighted by molar-refractivity contribution is 0.533. The highest BCUT2D eigenvalue weighted by Crippen LogP contribution is 2.32. The molecule has 1 atom stereocenters. The quantitative estimate of drug-likeness (QED) is 0.753. The summed E-state index contributed by atoms with van der Waals surface area (Å²) in [5, 5.41) is 8.50. The molecule has 108 valence electrons. The van der Waals surface area contributed by atoms with Crippen molar-refractivity contribution in [3.63, 3.8) is 0 Å². The molecule has 0 aliphatic heterocycles. The maximum Gasteiger partial charge on any atom is 0.0757 e. The first-order valence-corrected chi connectivity index (χ1v) is 8.38. The van der Waals surface area contributed by atoms with Crippen LogP contribution in [0.5, 0.6) is 0 Å². The number of aryl methyl sites for hydroxylation is 1. The lowest BCUT2D eigenvalue weighted by Crippen LogP contribution is -2.22. The van der Waals surface area contributed by atoms with Crippen LogP contribution in [0.15, 0.2) is 33.3 Å². The van der Waals surface area contributed by atoms with Crippen molar-refractivity contribution < 1.29 is 0 Å². The number of benzene rings is 1. The number of hydrogen-bond acceptors (Lipinski definition) is 2. The highest BCUT2D eigenvalue weighted by molar-refractivity contribution is 9.10. The summed E-state index contributed by atoms with van der Waals surface area (Å²) in [5.41, 5.74) is 2.27. The first-order valence-electron chi connectivity index (χ1n) is 6.41. The van der Waals surface area contributed by atoms with Crippen LogP contribution in [-0.4, -0.2) is 16.8 Å². The molecular formula is C14H16Br2ClN3. The number of halogens is 3. The number of nitrogens with one attached hydrogen (secondary N) is 1. The third kappa shape index (κ3) is 3.27. The lowest BCUT2D eigenvalue weighted by atomic mass is 10.0. The van der Waals surface area contributed by atoms with Gasteiger partial charge in [-0.3, -0.25) is 4.68 Å². The van der Waals surface area contributed by atoms with Crippen molar-refractivity contribution in [3.05, 3.63) is 49.6 Å². The van der Waals surface area contributed by atoms with Crippen LogP contribution in [-0.2, 0) is 6.54 Å². The second-order valence-electron chi connectivity index (χ2n) is 4.50. The average Bonchev–Trinajstić information content (AvgIpc) is 2.77. The zero-order chi connectivity index (χ0) is 14.7. The summed E-state index contributed by atoms with van der Waals surface area (Å²) in [6.45, 7) is 3.04. The Morgan fingerprint density at radius 1 is 1.35 bits per heavy atom. The molecule has 0 aliphatic carbocycles. The Morgan fingerprint density at radius 3 is 2.70 bits per heavy atom. The largest absolute Gasteiger partial charge is 0.308 e. The van der Waals surface area contributed by atoms with Gasteiger partial charge in [0, 0.05) is 11.0 Å². The molecule has 3 nitrogen and oxygen atoms in total. The van der Waals surface area contributed by atoms with Gasteiger partial charge in [0.2, 0.25) is 0 Å². The summed E-state index contributed by atoms with van der Waals surface area (Å²) in [7, 11) is 1.95. The van der Waals surface area contributed by atoms with Crippen LogP contribution in [0.1, 0.15) is 30.6 Å². The molecule has 1 aromatic carbocycles. The molecule has 0 saturated carbocycles. The molecule has 0 bridgehead atoms. The molecule has 1 aromatic heterocycles. The Labute approximate surface area is 141 Å². The predicted molar refractivity (Wildman–Crippen MR) is 90.3 cm³/mol. The van der Waals surface area contributed by atoms with Gasteiger partial charge in [0.1, 0.15) is 0 Å². The molecule has 6 heteroatoms. The van der Waals surface area contributed by atoms with Crippen LogP contribution in [0.4, 0.5) is 0 Å². The normalized spacial score (nSPS) is 12.7. The van der Waals surface area contributed by atoms with Gasteiger partial charge >= 0.3 is 0 Å². The standard InChI is InChI=1S/C14H16Br2ClN3/c1-3-6-20-14(11(16)8-19-20)13(18-2)9-4-5-12(17)10(15)7-9/h4-5,7-8,13,18H,3,6H2,1-2H3. The Kier molecular flexibility index (Phi) is 5.66. The van der Waals surface area contributed by atoms with Gasteiger partial charge in [-0.05, 0) is 63.0 Å². The maximum atomic E-state index is 6.07. The van der Waals surface area contributed by atoms with E-state index in [0.29, 0.717) is 5.02 Å². The molecule has 0 saturated heterocycles. The van der Waals surface area contributed by atoms with E-state index in [1.807, 2.05) is 36.1 Å². The van der Waals surface area contributed by atoms with E-state index in [4.69, 9.17) is 11.6 Å². The Hall–Kier alpha value is -0.360. The summed E-state index contributed by atoms with van der Waals surface area (Å²) in [6, 6.07) is 6.04. The van der Waals surface area contributed by atoms with Crippen molar-refractivity contribution in [1.82, 2.24) is 15.1 Å². The first kappa shape index (κ1) is 16.0. The summed E-state index contributed by atoms with van der Waals surface area (Å²) in [4.78, 5) is 0. The van der Waals surface area contributed by atoms with Crippen molar-refractivity contribution >= 4 is 43.5 Å². The molecule has 0 spiro atoms. The summed E-state index contributed by atoms with van der Waals surface area (Å²) < 4.78 is 3.94. The average molecular weight is 422 g/mol. The topological polar surface area (TPSA) is 29.9 Å². The van der Waals surface area contributed by atoms with E-state index >= 15 is 0 Å². The van der Waals surface area contributed by atoms with Crippen LogP contribution in [0.2, 0.25) is 5.02 Å². The van der Waals surface area contributed by atoms with Crippen molar-refractivity contribution in [2.24, 2.45) is 0 Å². The molecular weight excluding hydrogens is 405 g/mol. The number of hydrogen-bond donors (Lipinski definition) is 1. The van der Waals surface area contributed by atoms with Gasteiger partial charge in [-0.2, -0.15) is 5.10 Å². The zero-order valence-electron chi connectivity index (χ0n) is 11.3. The summed E-state index contributed by atoms with van der Waals surface area (Å²) >= 11 is 13.2. The van der Waals surface area contributed by atoms with E-state index in [-0.39, 0.29) is 6.04 Å². The minimum absolute atomic E-state index is 0.0620.